The Kier molecular flexibility index (Phi) is 3.32. The maximum atomic E-state index is 13.2. The van der Waals surface area contributed by atoms with Gasteiger partial charge in [-0.25, -0.2) is 4.39 Å². The first-order valence-electron chi connectivity index (χ1n) is 5.93. The first kappa shape index (κ1) is 12.6. The van der Waals surface area contributed by atoms with E-state index in [9.17, 15) is 9.18 Å². The molecule has 2 rings (SSSR count). The standard InChI is InChI=1S/C15H15FO2/c1-4-12-5-6-13(18-12)15(17)14-9(2)7-11(16)8-10(14)3/h5-8H,4H2,1-3H3. The Morgan fingerprint density at radius 2 is 1.83 bits per heavy atom. The van der Waals surface area contributed by atoms with Gasteiger partial charge in [-0.2, -0.15) is 0 Å². The second kappa shape index (κ2) is 4.77. The third-order valence-corrected chi connectivity index (χ3v) is 2.96. The number of furan rings is 1. The molecule has 0 atom stereocenters. The number of hydrogen-bond acceptors (Lipinski definition) is 2. The van der Waals surface area contributed by atoms with Gasteiger partial charge in [-0.1, -0.05) is 6.92 Å². The molecule has 0 aliphatic heterocycles. The first-order valence-corrected chi connectivity index (χ1v) is 5.93. The molecule has 94 valence electrons. The van der Waals surface area contributed by atoms with E-state index in [0.29, 0.717) is 22.5 Å². The fourth-order valence-electron chi connectivity index (χ4n) is 2.08. The minimum atomic E-state index is -0.324. The molecule has 3 heteroatoms. The lowest BCUT2D eigenvalue weighted by molar-refractivity contribution is 0.101. The normalized spacial score (nSPS) is 10.7. The van der Waals surface area contributed by atoms with Gasteiger partial charge in [0.2, 0.25) is 5.78 Å². The Bertz CT molecular complexity index is 573. The molecule has 1 heterocycles. The van der Waals surface area contributed by atoms with Gasteiger partial charge in [-0.3, -0.25) is 4.79 Å². The average molecular weight is 246 g/mol. The van der Waals surface area contributed by atoms with E-state index >= 15 is 0 Å². The lowest BCUT2D eigenvalue weighted by atomic mass is 9.98. The van der Waals surface area contributed by atoms with Gasteiger partial charge in [0, 0.05) is 12.0 Å². The van der Waals surface area contributed by atoms with Gasteiger partial charge in [0.25, 0.3) is 0 Å². The second-order valence-electron chi connectivity index (χ2n) is 4.36. The highest BCUT2D eigenvalue weighted by Gasteiger charge is 2.18. The van der Waals surface area contributed by atoms with Crippen LogP contribution in [0.4, 0.5) is 4.39 Å². The summed E-state index contributed by atoms with van der Waals surface area (Å²) in [6.45, 7) is 5.42. The topological polar surface area (TPSA) is 30.2 Å². The van der Waals surface area contributed by atoms with Crippen LogP contribution in [0.5, 0.6) is 0 Å². The van der Waals surface area contributed by atoms with Crippen LogP contribution < -0.4 is 0 Å². The quantitative estimate of drug-likeness (QED) is 0.770. The van der Waals surface area contributed by atoms with Crippen molar-refractivity contribution in [2.45, 2.75) is 27.2 Å². The predicted octanol–water partition coefficient (Wildman–Crippen LogP) is 3.83. The number of benzene rings is 1. The summed E-state index contributed by atoms with van der Waals surface area (Å²) in [5, 5.41) is 0. The van der Waals surface area contributed by atoms with E-state index in [1.807, 2.05) is 6.92 Å². The molecule has 18 heavy (non-hydrogen) atoms. The van der Waals surface area contributed by atoms with Gasteiger partial charge in [-0.05, 0) is 49.2 Å². The lowest BCUT2D eigenvalue weighted by Gasteiger charge is -2.07. The van der Waals surface area contributed by atoms with E-state index < -0.39 is 0 Å². The molecule has 2 nitrogen and oxygen atoms in total. The van der Waals surface area contributed by atoms with Crippen molar-refractivity contribution in [3.8, 4) is 0 Å². The minimum Gasteiger partial charge on any atom is -0.458 e. The highest BCUT2D eigenvalue weighted by Crippen LogP contribution is 2.21. The molecule has 0 amide bonds. The molecule has 0 saturated carbocycles. The maximum Gasteiger partial charge on any atom is 0.228 e. The van der Waals surface area contributed by atoms with Crippen LogP contribution in [0.15, 0.2) is 28.7 Å². The Balaban J connectivity index is 2.46. The molecule has 0 saturated heterocycles. The SMILES string of the molecule is CCc1ccc(C(=O)c2c(C)cc(F)cc2C)o1. The predicted molar refractivity (Wildman–Crippen MR) is 67.4 cm³/mol. The van der Waals surface area contributed by atoms with Gasteiger partial charge in [0.05, 0.1) is 0 Å². The number of ketones is 1. The van der Waals surface area contributed by atoms with Crippen molar-refractivity contribution in [3.05, 3.63) is 58.3 Å². The van der Waals surface area contributed by atoms with Gasteiger partial charge < -0.3 is 4.42 Å². The van der Waals surface area contributed by atoms with E-state index in [1.54, 1.807) is 26.0 Å². The van der Waals surface area contributed by atoms with Crippen LogP contribution in [0.25, 0.3) is 0 Å². The molecule has 0 aliphatic carbocycles. The molecular weight excluding hydrogens is 231 g/mol. The highest BCUT2D eigenvalue weighted by molar-refractivity contribution is 6.09. The second-order valence-corrected chi connectivity index (χ2v) is 4.36. The molecule has 1 aromatic heterocycles. The summed E-state index contributed by atoms with van der Waals surface area (Å²) in [6.07, 6.45) is 0.745. The van der Waals surface area contributed by atoms with Crippen molar-refractivity contribution in [3.63, 3.8) is 0 Å². The van der Waals surface area contributed by atoms with Crippen LogP contribution in [-0.4, -0.2) is 5.78 Å². The van der Waals surface area contributed by atoms with Gasteiger partial charge in [-0.15, -0.1) is 0 Å². The van der Waals surface area contributed by atoms with Crippen molar-refractivity contribution in [1.82, 2.24) is 0 Å². The zero-order valence-electron chi connectivity index (χ0n) is 10.7. The average Bonchev–Trinajstić information content (AvgIpc) is 2.75. The van der Waals surface area contributed by atoms with E-state index in [-0.39, 0.29) is 11.6 Å². The summed E-state index contributed by atoms with van der Waals surface area (Å²) < 4.78 is 18.6. The van der Waals surface area contributed by atoms with E-state index in [1.165, 1.54) is 12.1 Å². The molecule has 0 unspecified atom stereocenters. The molecular formula is C15H15FO2. The number of carbonyl (C=O) groups excluding carboxylic acids is 1. The zero-order chi connectivity index (χ0) is 13.3. The highest BCUT2D eigenvalue weighted by atomic mass is 19.1. The first-order chi connectivity index (χ1) is 8.52. The van der Waals surface area contributed by atoms with Crippen LogP contribution in [0.1, 0.15) is 39.9 Å². The van der Waals surface area contributed by atoms with Crippen molar-refractivity contribution in [1.29, 1.82) is 0 Å². The summed E-state index contributed by atoms with van der Waals surface area (Å²) in [5.41, 5.74) is 1.78. The number of hydrogen-bond donors (Lipinski definition) is 0. The Morgan fingerprint density at radius 1 is 1.22 bits per heavy atom. The fraction of sp³-hybridized carbons (Fsp3) is 0.267. The third kappa shape index (κ3) is 2.21. The Labute approximate surface area is 105 Å². The molecule has 0 fully saturated rings. The van der Waals surface area contributed by atoms with Crippen LogP contribution in [0.2, 0.25) is 0 Å². The molecule has 1 aromatic carbocycles. The number of halogens is 1. The summed E-state index contributed by atoms with van der Waals surface area (Å²) in [4.78, 5) is 12.3. The maximum absolute atomic E-state index is 13.2. The fourth-order valence-corrected chi connectivity index (χ4v) is 2.08. The molecule has 2 aromatic rings. The van der Waals surface area contributed by atoms with E-state index in [2.05, 4.69) is 0 Å². The van der Waals surface area contributed by atoms with Crippen LogP contribution in [0, 0.1) is 19.7 Å². The molecule has 0 spiro atoms. The van der Waals surface area contributed by atoms with Crippen molar-refractivity contribution in [2.24, 2.45) is 0 Å². The third-order valence-electron chi connectivity index (χ3n) is 2.96. The van der Waals surface area contributed by atoms with Crippen molar-refractivity contribution >= 4 is 5.78 Å². The lowest BCUT2D eigenvalue weighted by Crippen LogP contribution is -2.06. The van der Waals surface area contributed by atoms with E-state index in [4.69, 9.17) is 4.42 Å². The van der Waals surface area contributed by atoms with Gasteiger partial charge in [0.1, 0.15) is 11.6 Å². The minimum absolute atomic E-state index is 0.190. The number of aryl methyl sites for hydroxylation is 3. The zero-order valence-corrected chi connectivity index (χ0v) is 10.7. The molecule has 0 radical (unpaired) electrons. The largest absolute Gasteiger partial charge is 0.458 e. The number of rotatable bonds is 3. The van der Waals surface area contributed by atoms with Crippen molar-refractivity contribution in [2.75, 3.05) is 0 Å². The summed E-state index contributed by atoms with van der Waals surface area (Å²) in [7, 11) is 0. The van der Waals surface area contributed by atoms with Crippen molar-refractivity contribution < 1.29 is 13.6 Å². The van der Waals surface area contributed by atoms with Gasteiger partial charge >= 0.3 is 0 Å². The smallest absolute Gasteiger partial charge is 0.228 e. The van der Waals surface area contributed by atoms with E-state index in [0.717, 1.165) is 12.2 Å². The molecule has 0 N–H and O–H groups in total. The Morgan fingerprint density at radius 3 is 2.33 bits per heavy atom. The number of carbonyl (C=O) groups is 1. The molecule has 0 bridgehead atoms. The summed E-state index contributed by atoms with van der Waals surface area (Å²) >= 11 is 0. The van der Waals surface area contributed by atoms with Crippen LogP contribution in [-0.2, 0) is 6.42 Å². The Hall–Kier alpha value is -1.90. The summed E-state index contributed by atoms with van der Waals surface area (Å²) in [6, 6.07) is 6.19. The summed E-state index contributed by atoms with van der Waals surface area (Å²) in [5.74, 6) is 0.570. The van der Waals surface area contributed by atoms with Gasteiger partial charge in [0.15, 0.2) is 5.76 Å². The molecule has 0 aliphatic rings. The van der Waals surface area contributed by atoms with Crippen LogP contribution in [0.3, 0.4) is 0 Å². The monoisotopic (exact) mass is 246 g/mol. The van der Waals surface area contributed by atoms with Crippen LogP contribution >= 0.6 is 0 Å².